The number of fused-ring (bicyclic) bond motifs is 2. The van der Waals surface area contributed by atoms with Crippen LogP contribution in [0.25, 0.3) is 39.1 Å². The quantitative estimate of drug-likeness (QED) is 0.226. The minimum absolute atomic E-state index is 0.162. The molecule has 0 aliphatic carbocycles. The molecule has 0 amide bonds. The highest BCUT2D eigenvalue weighted by atomic mass is 35.5. The van der Waals surface area contributed by atoms with Gasteiger partial charge < -0.3 is 8.98 Å². The summed E-state index contributed by atoms with van der Waals surface area (Å²) in [6.45, 7) is 0. The molecule has 3 heterocycles. The fraction of sp³-hybridized carbons (Fsp3) is 0.0357. The smallest absolute Gasteiger partial charge is 0.416 e. The van der Waals surface area contributed by atoms with Crippen molar-refractivity contribution in [2.45, 2.75) is 6.18 Å². The van der Waals surface area contributed by atoms with E-state index in [-0.39, 0.29) is 5.82 Å². The van der Waals surface area contributed by atoms with Crippen LogP contribution in [0.1, 0.15) is 11.3 Å². The highest BCUT2D eigenvalue weighted by Gasteiger charge is 2.30. The summed E-state index contributed by atoms with van der Waals surface area (Å²) in [5.74, 6) is 0.463. The van der Waals surface area contributed by atoms with Crippen LogP contribution in [0.15, 0.2) is 105 Å². The zero-order valence-corrected chi connectivity index (χ0v) is 20.1. The molecule has 0 saturated heterocycles. The predicted molar refractivity (Wildman–Crippen MR) is 140 cm³/mol. The van der Waals surface area contributed by atoms with Crippen LogP contribution in [0, 0.1) is 0 Å². The van der Waals surface area contributed by atoms with Gasteiger partial charge in [-0.25, -0.2) is 4.98 Å². The van der Waals surface area contributed by atoms with Gasteiger partial charge in [0.1, 0.15) is 5.58 Å². The van der Waals surface area contributed by atoms with Gasteiger partial charge >= 0.3 is 6.18 Å². The lowest BCUT2D eigenvalue weighted by molar-refractivity contribution is -0.137. The van der Waals surface area contributed by atoms with Crippen molar-refractivity contribution >= 4 is 39.7 Å². The number of aromatic nitrogens is 3. The number of hydrogen-bond donors (Lipinski definition) is 0. The zero-order chi connectivity index (χ0) is 26.4. The first-order chi connectivity index (χ1) is 18.3. The SMILES string of the molecule is O=c1c2ccccc2nc(-c2cc3cc(Cl)ccc3o2)n1N=Cc1cccn1-c1cccc(C(F)(F)F)c1. The van der Waals surface area contributed by atoms with Gasteiger partial charge in [0.05, 0.1) is 28.4 Å². The highest BCUT2D eigenvalue weighted by molar-refractivity contribution is 6.31. The van der Waals surface area contributed by atoms with Crippen molar-refractivity contribution in [3.63, 3.8) is 0 Å². The molecule has 6 nitrogen and oxygen atoms in total. The molecule has 6 rings (SSSR count). The molecular formula is C28H16ClF3N4O2. The van der Waals surface area contributed by atoms with Crippen LogP contribution < -0.4 is 5.56 Å². The summed E-state index contributed by atoms with van der Waals surface area (Å²) in [6.07, 6.45) is -1.48. The van der Waals surface area contributed by atoms with Crippen LogP contribution in [0.2, 0.25) is 5.02 Å². The third kappa shape index (κ3) is 4.26. The van der Waals surface area contributed by atoms with E-state index in [1.165, 1.54) is 12.3 Å². The van der Waals surface area contributed by atoms with Gasteiger partial charge in [-0.15, -0.1) is 0 Å². The second-order valence-corrected chi connectivity index (χ2v) is 8.89. The van der Waals surface area contributed by atoms with Crippen molar-refractivity contribution in [1.82, 2.24) is 14.2 Å². The third-order valence-corrected chi connectivity index (χ3v) is 6.23. The van der Waals surface area contributed by atoms with Crippen LogP contribution in [-0.2, 0) is 6.18 Å². The number of benzene rings is 3. The summed E-state index contributed by atoms with van der Waals surface area (Å²) < 4.78 is 48.4. The van der Waals surface area contributed by atoms with E-state index in [4.69, 9.17) is 16.0 Å². The van der Waals surface area contributed by atoms with E-state index in [2.05, 4.69) is 10.1 Å². The number of nitrogens with zero attached hydrogens (tertiary/aromatic N) is 4. The van der Waals surface area contributed by atoms with Gasteiger partial charge in [-0.05, 0) is 66.7 Å². The Kier molecular flexibility index (Phi) is 5.65. The Morgan fingerprint density at radius 3 is 2.63 bits per heavy atom. The average Bonchev–Trinajstić information content (AvgIpc) is 3.54. The molecule has 3 aromatic carbocycles. The number of alkyl halides is 3. The molecule has 10 heteroatoms. The number of rotatable bonds is 4. The minimum Gasteiger partial charge on any atom is -0.453 e. The number of furan rings is 1. The lowest BCUT2D eigenvalue weighted by Gasteiger charge is -2.11. The Hall–Kier alpha value is -4.63. The Morgan fingerprint density at radius 1 is 0.947 bits per heavy atom. The largest absolute Gasteiger partial charge is 0.453 e. The number of halogens is 4. The molecule has 0 aliphatic heterocycles. The maximum absolute atomic E-state index is 13.5. The first-order valence-corrected chi connectivity index (χ1v) is 11.8. The van der Waals surface area contributed by atoms with Crippen LogP contribution in [0.4, 0.5) is 13.2 Å². The van der Waals surface area contributed by atoms with Gasteiger partial charge in [-0.3, -0.25) is 4.79 Å². The second-order valence-electron chi connectivity index (χ2n) is 8.46. The van der Waals surface area contributed by atoms with E-state index in [0.717, 1.165) is 22.2 Å². The summed E-state index contributed by atoms with van der Waals surface area (Å²) in [6, 6.07) is 22.0. The van der Waals surface area contributed by atoms with E-state index in [0.29, 0.717) is 38.7 Å². The van der Waals surface area contributed by atoms with E-state index in [9.17, 15) is 18.0 Å². The molecule has 0 spiro atoms. The number of hydrogen-bond acceptors (Lipinski definition) is 4. The maximum atomic E-state index is 13.5. The fourth-order valence-corrected chi connectivity index (χ4v) is 4.38. The van der Waals surface area contributed by atoms with Gasteiger partial charge in [0.2, 0.25) is 5.82 Å². The molecule has 0 bridgehead atoms. The molecule has 0 fully saturated rings. The molecule has 3 aromatic heterocycles. The monoisotopic (exact) mass is 532 g/mol. The number of para-hydroxylation sites is 1. The van der Waals surface area contributed by atoms with Crippen molar-refractivity contribution in [3.05, 3.63) is 118 Å². The lowest BCUT2D eigenvalue weighted by atomic mass is 10.2. The Balaban J connectivity index is 1.49. The van der Waals surface area contributed by atoms with Crippen LogP contribution in [0.3, 0.4) is 0 Å². The Labute approximate surface area is 217 Å². The predicted octanol–water partition coefficient (Wildman–Crippen LogP) is 7.15. The molecular weight excluding hydrogens is 517 g/mol. The van der Waals surface area contributed by atoms with Crippen molar-refractivity contribution in [1.29, 1.82) is 0 Å². The standard InChI is InChI=1S/C28H16ClF3N4O2/c29-19-10-11-24-17(13-19)14-25(38-24)26-34-23-9-2-1-8-22(23)27(37)36(26)33-16-21-7-4-12-35(21)20-6-3-5-18(15-20)28(30,31)32/h1-16H. The molecule has 38 heavy (non-hydrogen) atoms. The van der Waals surface area contributed by atoms with Gasteiger partial charge in [0.15, 0.2) is 5.76 Å². The molecule has 0 radical (unpaired) electrons. The Bertz CT molecular complexity index is 1920. The molecule has 0 aliphatic rings. The molecule has 0 unspecified atom stereocenters. The van der Waals surface area contributed by atoms with Gasteiger partial charge in [-0.1, -0.05) is 29.8 Å². The molecule has 0 N–H and O–H groups in total. The first-order valence-electron chi connectivity index (χ1n) is 11.4. The molecule has 188 valence electrons. The minimum atomic E-state index is -4.48. The van der Waals surface area contributed by atoms with Crippen molar-refractivity contribution < 1.29 is 17.6 Å². The first kappa shape index (κ1) is 23.7. The summed E-state index contributed by atoms with van der Waals surface area (Å²) in [4.78, 5) is 18.1. The fourth-order valence-electron chi connectivity index (χ4n) is 4.20. The van der Waals surface area contributed by atoms with Crippen LogP contribution in [0.5, 0.6) is 0 Å². The van der Waals surface area contributed by atoms with E-state index < -0.39 is 17.3 Å². The van der Waals surface area contributed by atoms with Gasteiger partial charge in [0.25, 0.3) is 5.56 Å². The van der Waals surface area contributed by atoms with Crippen molar-refractivity contribution in [3.8, 4) is 17.3 Å². The van der Waals surface area contributed by atoms with Crippen molar-refractivity contribution in [2.24, 2.45) is 5.10 Å². The topological polar surface area (TPSA) is 65.3 Å². The molecule has 6 aromatic rings. The van der Waals surface area contributed by atoms with Gasteiger partial charge in [0, 0.05) is 22.3 Å². The molecule has 0 saturated carbocycles. The lowest BCUT2D eigenvalue weighted by Crippen LogP contribution is -2.20. The zero-order valence-electron chi connectivity index (χ0n) is 19.4. The van der Waals surface area contributed by atoms with Crippen LogP contribution in [-0.4, -0.2) is 20.4 Å². The summed E-state index contributed by atoms with van der Waals surface area (Å²) in [5.41, 5.74) is 0.563. The van der Waals surface area contributed by atoms with E-state index in [1.54, 1.807) is 77.5 Å². The van der Waals surface area contributed by atoms with Crippen LogP contribution >= 0.6 is 11.6 Å². The van der Waals surface area contributed by atoms with E-state index >= 15 is 0 Å². The average molecular weight is 533 g/mol. The second kappa shape index (κ2) is 9.04. The molecule has 0 atom stereocenters. The summed E-state index contributed by atoms with van der Waals surface area (Å²) >= 11 is 6.11. The summed E-state index contributed by atoms with van der Waals surface area (Å²) in [7, 11) is 0. The maximum Gasteiger partial charge on any atom is 0.416 e. The van der Waals surface area contributed by atoms with Gasteiger partial charge in [-0.2, -0.15) is 22.9 Å². The Morgan fingerprint density at radius 2 is 1.79 bits per heavy atom. The third-order valence-electron chi connectivity index (χ3n) is 5.99. The highest BCUT2D eigenvalue weighted by Crippen LogP contribution is 2.31. The van der Waals surface area contributed by atoms with E-state index in [1.807, 2.05) is 0 Å². The summed E-state index contributed by atoms with van der Waals surface area (Å²) in [5, 5.41) is 6.01. The normalized spacial score (nSPS) is 12.2. The van der Waals surface area contributed by atoms with Crippen molar-refractivity contribution in [2.75, 3.05) is 0 Å².